The van der Waals surface area contributed by atoms with Crippen molar-refractivity contribution in [2.75, 3.05) is 5.73 Å². The molecule has 0 unspecified atom stereocenters. The van der Waals surface area contributed by atoms with Gasteiger partial charge in [-0.3, -0.25) is 0 Å². The number of nitrogens with two attached hydrogens (primary N) is 1. The Labute approximate surface area is 93.5 Å². The summed E-state index contributed by atoms with van der Waals surface area (Å²) in [6.45, 7) is 3.97. The van der Waals surface area contributed by atoms with E-state index in [9.17, 15) is 4.39 Å². The summed E-state index contributed by atoms with van der Waals surface area (Å²) in [5.74, 6) is 0.531. The zero-order valence-corrected chi connectivity index (χ0v) is 9.34. The molecule has 1 aromatic carbocycles. The third kappa shape index (κ3) is 1.78. The Hall–Kier alpha value is -1.84. The second kappa shape index (κ2) is 3.96. The molecule has 0 fully saturated rings. The molecule has 0 spiro atoms. The zero-order chi connectivity index (χ0) is 11.7. The number of imidazole rings is 1. The van der Waals surface area contributed by atoms with E-state index < -0.39 is 5.82 Å². The van der Waals surface area contributed by atoms with Crippen LogP contribution in [0.15, 0.2) is 18.2 Å². The molecule has 4 heteroatoms. The first-order valence-corrected chi connectivity index (χ1v) is 5.22. The number of benzene rings is 1. The summed E-state index contributed by atoms with van der Waals surface area (Å²) in [6.07, 6.45) is 0.845. The van der Waals surface area contributed by atoms with Gasteiger partial charge in [0.1, 0.15) is 11.6 Å². The van der Waals surface area contributed by atoms with Crippen LogP contribution in [0.1, 0.15) is 18.4 Å². The van der Waals surface area contributed by atoms with Gasteiger partial charge in [0.05, 0.1) is 11.4 Å². The van der Waals surface area contributed by atoms with E-state index in [1.54, 1.807) is 12.1 Å². The third-order valence-electron chi connectivity index (χ3n) is 2.54. The third-order valence-corrected chi connectivity index (χ3v) is 2.54. The molecule has 0 aliphatic heterocycles. The van der Waals surface area contributed by atoms with Crippen molar-refractivity contribution in [1.82, 2.24) is 9.97 Å². The molecule has 0 aliphatic carbocycles. The van der Waals surface area contributed by atoms with Crippen molar-refractivity contribution in [2.24, 2.45) is 0 Å². The molecule has 0 saturated heterocycles. The maximum atomic E-state index is 13.0. The van der Waals surface area contributed by atoms with Gasteiger partial charge in [0.2, 0.25) is 0 Å². The van der Waals surface area contributed by atoms with E-state index in [2.05, 4.69) is 9.97 Å². The first-order valence-electron chi connectivity index (χ1n) is 5.22. The number of nitrogens with zero attached hydrogens (tertiary/aromatic N) is 1. The average molecular weight is 219 g/mol. The van der Waals surface area contributed by atoms with Gasteiger partial charge in [-0.05, 0) is 25.1 Å². The Kier molecular flexibility index (Phi) is 2.64. The van der Waals surface area contributed by atoms with Crippen molar-refractivity contribution >= 4 is 5.69 Å². The summed E-state index contributed by atoms with van der Waals surface area (Å²) in [7, 11) is 0. The molecule has 2 aromatic rings. The quantitative estimate of drug-likeness (QED) is 0.763. The highest BCUT2D eigenvalue weighted by atomic mass is 19.1. The number of nitrogens with one attached hydrogen (secondary N) is 1. The summed E-state index contributed by atoms with van der Waals surface area (Å²) in [5.41, 5.74) is 8.34. The predicted octanol–water partition coefficient (Wildman–Crippen LogP) is 2.67. The largest absolute Gasteiger partial charge is 0.396 e. The van der Waals surface area contributed by atoms with E-state index in [4.69, 9.17) is 5.73 Å². The van der Waals surface area contributed by atoms with Gasteiger partial charge in [0, 0.05) is 17.7 Å². The number of hydrogen-bond donors (Lipinski definition) is 2. The Balaban J connectivity index is 2.49. The summed E-state index contributed by atoms with van der Waals surface area (Å²) in [6, 6.07) is 4.66. The van der Waals surface area contributed by atoms with Crippen LogP contribution in [0.25, 0.3) is 11.3 Å². The maximum Gasteiger partial charge on any atom is 0.146 e. The second-order valence-electron chi connectivity index (χ2n) is 3.75. The average Bonchev–Trinajstić information content (AvgIpc) is 2.64. The standard InChI is InChI=1S/C12H14FN3/c1-3-11-15-7(2)12(16-11)8-4-5-9(13)10(14)6-8/h4-6H,3,14H2,1-2H3,(H,15,16). The Morgan fingerprint density at radius 1 is 1.44 bits per heavy atom. The van der Waals surface area contributed by atoms with Crippen molar-refractivity contribution in [2.45, 2.75) is 20.3 Å². The fourth-order valence-electron chi connectivity index (χ4n) is 1.66. The number of anilines is 1. The molecule has 0 amide bonds. The highest BCUT2D eigenvalue weighted by Crippen LogP contribution is 2.24. The Morgan fingerprint density at radius 3 is 2.75 bits per heavy atom. The van der Waals surface area contributed by atoms with Crippen LogP contribution >= 0.6 is 0 Å². The van der Waals surface area contributed by atoms with Gasteiger partial charge in [-0.25, -0.2) is 9.37 Å². The van der Waals surface area contributed by atoms with Gasteiger partial charge in [-0.15, -0.1) is 0 Å². The number of halogens is 1. The summed E-state index contributed by atoms with van der Waals surface area (Å²) >= 11 is 0. The molecule has 0 aliphatic rings. The minimum atomic E-state index is -0.396. The summed E-state index contributed by atoms with van der Waals surface area (Å²) in [5, 5.41) is 0. The van der Waals surface area contributed by atoms with Gasteiger partial charge in [0.15, 0.2) is 0 Å². The molecule has 0 bridgehead atoms. The Bertz CT molecular complexity index is 517. The lowest BCUT2D eigenvalue weighted by atomic mass is 10.1. The number of hydrogen-bond acceptors (Lipinski definition) is 2. The van der Waals surface area contributed by atoms with Crippen molar-refractivity contribution in [3.8, 4) is 11.3 Å². The smallest absolute Gasteiger partial charge is 0.146 e. The maximum absolute atomic E-state index is 13.0. The van der Waals surface area contributed by atoms with Crippen LogP contribution in [0.4, 0.5) is 10.1 Å². The molecular weight excluding hydrogens is 205 g/mol. The molecule has 0 saturated carbocycles. The van der Waals surface area contributed by atoms with E-state index >= 15 is 0 Å². The van der Waals surface area contributed by atoms with E-state index in [-0.39, 0.29) is 5.69 Å². The minimum Gasteiger partial charge on any atom is -0.396 e. The van der Waals surface area contributed by atoms with Gasteiger partial charge >= 0.3 is 0 Å². The van der Waals surface area contributed by atoms with Gasteiger partial charge in [0.25, 0.3) is 0 Å². The van der Waals surface area contributed by atoms with Crippen LogP contribution in [0, 0.1) is 12.7 Å². The highest BCUT2D eigenvalue weighted by Gasteiger charge is 2.09. The number of aryl methyl sites for hydroxylation is 2. The van der Waals surface area contributed by atoms with Crippen LogP contribution in [-0.4, -0.2) is 9.97 Å². The van der Waals surface area contributed by atoms with Gasteiger partial charge < -0.3 is 10.7 Å². The number of H-pyrrole nitrogens is 1. The molecule has 16 heavy (non-hydrogen) atoms. The highest BCUT2D eigenvalue weighted by molar-refractivity contribution is 5.66. The first kappa shape index (κ1) is 10.7. The van der Waals surface area contributed by atoms with Crippen LogP contribution in [-0.2, 0) is 6.42 Å². The SMILES string of the molecule is CCc1nc(-c2ccc(F)c(N)c2)c(C)[nH]1. The van der Waals surface area contributed by atoms with E-state index in [1.165, 1.54) is 6.07 Å². The number of aromatic amines is 1. The molecule has 0 radical (unpaired) electrons. The van der Waals surface area contributed by atoms with E-state index in [0.29, 0.717) is 0 Å². The molecule has 84 valence electrons. The van der Waals surface area contributed by atoms with Crippen molar-refractivity contribution in [3.05, 3.63) is 35.5 Å². The second-order valence-corrected chi connectivity index (χ2v) is 3.75. The Morgan fingerprint density at radius 2 is 2.19 bits per heavy atom. The fourth-order valence-corrected chi connectivity index (χ4v) is 1.66. The van der Waals surface area contributed by atoms with Gasteiger partial charge in [-0.2, -0.15) is 0 Å². The van der Waals surface area contributed by atoms with Crippen molar-refractivity contribution in [3.63, 3.8) is 0 Å². The van der Waals surface area contributed by atoms with Crippen molar-refractivity contribution in [1.29, 1.82) is 0 Å². The molecule has 3 N–H and O–H groups in total. The lowest BCUT2D eigenvalue weighted by Crippen LogP contribution is -1.91. The minimum absolute atomic E-state index is 0.151. The lowest BCUT2D eigenvalue weighted by molar-refractivity contribution is 0.632. The molecule has 1 heterocycles. The summed E-state index contributed by atoms with van der Waals surface area (Å²) in [4.78, 5) is 7.62. The van der Waals surface area contributed by atoms with Crippen LogP contribution in [0.2, 0.25) is 0 Å². The topological polar surface area (TPSA) is 54.7 Å². The number of aromatic nitrogens is 2. The van der Waals surface area contributed by atoms with E-state index in [1.807, 2.05) is 13.8 Å². The van der Waals surface area contributed by atoms with Gasteiger partial charge in [-0.1, -0.05) is 6.92 Å². The molecule has 1 aromatic heterocycles. The first-order chi connectivity index (χ1) is 7.61. The molecule has 3 nitrogen and oxygen atoms in total. The molecular formula is C12H14FN3. The molecule has 0 atom stereocenters. The van der Waals surface area contributed by atoms with Crippen LogP contribution < -0.4 is 5.73 Å². The number of nitrogen functional groups attached to an aromatic ring is 1. The number of rotatable bonds is 2. The normalized spacial score (nSPS) is 10.7. The van der Waals surface area contributed by atoms with Crippen molar-refractivity contribution < 1.29 is 4.39 Å². The lowest BCUT2D eigenvalue weighted by Gasteiger charge is -2.01. The predicted molar refractivity (Wildman–Crippen MR) is 62.5 cm³/mol. The van der Waals surface area contributed by atoms with E-state index in [0.717, 1.165) is 29.2 Å². The monoisotopic (exact) mass is 219 g/mol. The zero-order valence-electron chi connectivity index (χ0n) is 9.34. The van der Waals surface area contributed by atoms with Crippen LogP contribution in [0.5, 0.6) is 0 Å². The summed E-state index contributed by atoms with van der Waals surface area (Å²) < 4.78 is 13.0. The van der Waals surface area contributed by atoms with Crippen LogP contribution in [0.3, 0.4) is 0 Å². The molecule has 2 rings (SSSR count). The fraction of sp³-hybridized carbons (Fsp3) is 0.250.